The first kappa shape index (κ1) is 16.4. The molecule has 2 N–H and O–H groups in total. The van der Waals surface area contributed by atoms with E-state index in [9.17, 15) is 12.8 Å². The molecule has 118 valence electrons. The molecule has 1 aliphatic rings. The standard InChI is InChI=1S/C15H23FN2O2S/c1-11(2)17-10-13-9-14(5-6-15(13)16)21(19,20)18-8-7-12-3-4-12/h5-6,9,11-12,17-18H,3-4,7-8,10H2,1-2H3. The molecule has 0 atom stereocenters. The van der Waals surface area contributed by atoms with E-state index in [0.717, 1.165) is 6.42 Å². The number of halogens is 1. The largest absolute Gasteiger partial charge is 0.310 e. The maximum Gasteiger partial charge on any atom is 0.240 e. The maximum atomic E-state index is 13.7. The van der Waals surface area contributed by atoms with Gasteiger partial charge >= 0.3 is 0 Å². The van der Waals surface area contributed by atoms with Gasteiger partial charge in [-0.15, -0.1) is 0 Å². The van der Waals surface area contributed by atoms with Crippen LogP contribution in [-0.2, 0) is 16.6 Å². The summed E-state index contributed by atoms with van der Waals surface area (Å²) in [6, 6.07) is 4.14. The van der Waals surface area contributed by atoms with Crippen LogP contribution >= 0.6 is 0 Å². The van der Waals surface area contributed by atoms with E-state index in [-0.39, 0.29) is 16.8 Å². The zero-order chi connectivity index (χ0) is 15.5. The zero-order valence-corrected chi connectivity index (χ0v) is 13.3. The molecule has 0 spiro atoms. The van der Waals surface area contributed by atoms with Crippen molar-refractivity contribution < 1.29 is 12.8 Å². The molecule has 1 aromatic rings. The van der Waals surface area contributed by atoms with Gasteiger partial charge < -0.3 is 5.32 Å². The van der Waals surface area contributed by atoms with Crippen molar-refractivity contribution in [3.8, 4) is 0 Å². The lowest BCUT2D eigenvalue weighted by atomic mass is 10.2. The monoisotopic (exact) mass is 314 g/mol. The summed E-state index contributed by atoms with van der Waals surface area (Å²) in [5.74, 6) is 0.284. The van der Waals surface area contributed by atoms with Crippen LogP contribution < -0.4 is 10.0 Å². The van der Waals surface area contributed by atoms with Crippen LogP contribution in [0.15, 0.2) is 23.1 Å². The highest BCUT2D eigenvalue weighted by atomic mass is 32.2. The summed E-state index contributed by atoms with van der Waals surface area (Å²) in [7, 11) is -3.55. The highest BCUT2D eigenvalue weighted by molar-refractivity contribution is 7.89. The fourth-order valence-electron chi connectivity index (χ4n) is 2.06. The van der Waals surface area contributed by atoms with Crippen molar-refractivity contribution in [1.82, 2.24) is 10.0 Å². The van der Waals surface area contributed by atoms with Crippen LogP contribution in [0.4, 0.5) is 4.39 Å². The Balaban J connectivity index is 2.04. The molecule has 1 aromatic carbocycles. The van der Waals surface area contributed by atoms with Crippen LogP contribution in [0, 0.1) is 11.7 Å². The van der Waals surface area contributed by atoms with Crippen molar-refractivity contribution in [2.24, 2.45) is 5.92 Å². The van der Waals surface area contributed by atoms with Gasteiger partial charge in [-0.05, 0) is 30.5 Å². The summed E-state index contributed by atoms with van der Waals surface area (Å²) < 4.78 is 40.7. The van der Waals surface area contributed by atoms with Gasteiger partial charge in [0.15, 0.2) is 0 Å². The Kier molecular flexibility index (Phi) is 5.35. The number of hydrogen-bond donors (Lipinski definition) is 2. The second-order valence-corrected chi connectivity index (χ2v) is 7.69. The molecule has 0 aromatic heterocycles. The fourth-order valence-corrected chi connectivity index (χ4v) is 3.15. The van der Waals surface area contributed by atoms with E-state index < -0.39 is 10.0 Å². The highest BCUT2D eigenvalue weighted by Gasteiger charge is 2.22. The Labute approximate surface area is 126 Å². The third-order valence-corrected chi connectivity index (χ3v) is 5.03. The average Bonchev–Trinajstić information content (AvgIpc) is 3.21. The number of rotatable bonds is 8. The summed E-state index contributed by atoms with van der Waals surface area (Å²) in [6.45, 7) is 4.68. The van der Waals surface area contributed by atoms with Crippen molar-refractivity contribution in [2.75, 3.05) is 6.54 Å². The van der Waals surface area contributed by atoms with Crippen molar-refractivity contribution in [1.29, 1.82) is 0 Å². The van der Waals surface area contributed by atoms with Crippen molar-refractivity contribution in [3.05, 3.63) is 29.6 Å². The number of benzene rings is 1. The molecule has 0 aliphatic heterocycles. The zero-order valence-electron chi connectivity index (χ0n) is 12.5. The van der Waals surface area contributed by atoms with E-state index in [1.807, 2.05) is 13.8 Å². The SMILES string of the molecule is CC(C)NCc1cc(S(=O)(=O)NCCC2CC2)ccc1F. The van der Waals surface area contributed by atoms with Gasteiger partial charge in [0.2, 0.25) is 10.0 Å². The molecule has 1 saturated carbocycles. The molecule has 0 saturated heterocycles. The van der Waals surface area contributed by atoms with Crippen LogP contribution in [0.2, 0.25) is 0 Å². The summed E-state index contributed by atoms with van der Waals surface area (Å²) in [5, 5.41) is 3.09. The Morgan fingerprint density at radius 1 is 1.33 bits per heavy atom. The highest BCUT2D eigenvalue weighted by Crippen LogP contribution is 2.31. The van der Waals surface area contributed by atoms with Crippen molar-refractivity contribution in [3.63, 3.8) is 0 Å². The molecule has 1 aliphatic carbocycles. The molecular weight excluding hydrogens is 291 g/mol. The Morgan fingerprint density at radius 3 is 2.67 bits per heavy atom. The van der Waals surface area contributed by atoms with Crippen molar-refractivity contribution in [2.45, 2.75) is 50.6 Å². The smallest absolute Gasteiger partial charge is 0.240 e. The minimum atomic E-state index is -3.55. The first-order valence-corrected chi connectivity index (χ1v) is 8.88. The van der Waals surface area contributed by atoms with Gasteiger partial charge in [0.1, 0.15) is 5.82 Å². The van der Waals surface area contributed by atoms with E-state index in [2.05, 4.69) is 10.0 Å². The maximum absolute atomic E-state index is 13.7. The number of hydrogen-bond acceptors (Lipinski definition) is 3. The van der Waals surface area contributed by atoms with Gasteiger partial charge in [-0.1, -0.05) is 26.7 Å². The Morgan fingerprint density at radius 2 is 2.05 bits per heavy atom. The lowest BCUT2D eigenvalue weighted by Gasteiger charge is -2.11. The van der Waals surface area contributed by atoms with Gasteiger partial charge in [-0.2, -0.15) is 0 Å². The molecule has 2 rings (SSSR count). The van der Waals surface area contributed by atoms with Crippen molar-refractivity contribution >= 4 is 10.0 Å². The predicted octanol–water partition coefficient (Wildman–Crippen LogP) is 2.40. The molecule has 1 fully saturated rings. The summed E-state index contributed by atoms with van der Waals surface area (Å²) in [6.07, 6.45) is 3.27. The van der Waals surface area contributed by atoms with Crippen LogP contribution in [-0.4, -0.2) is 21.0 Å². The normalized spacial score (nSPS) is 15.6. The Bertz CT molecular complexity index is 583. The van der Waals surface area contributed by atoms with Gasteiger partial charge in [0.25, 0.3) is 0 Å². The first-order chi connectivity index (χ1) is 9.88. The van der Waals surface area contributed by atoms with Crippen LogP contribution in [0.1, 0.15) is 38.7 Å². The second-order valence-electron chi connectivity index (χ2n) is 5.92. The summed E-state index contributed by atoms with van der Waals surface area (Å²) >= 11 is 0. The average molecular weight is 314 g/mol. The number of sulfonamides is 1. The molecule has 0 radical (unpaired) electrons. The lowest BCUT2D eigenvalue weighted by Crippen LogP contribution is -2.26. The summed E-state index contributed by atoms with van der Waals surface area (Å²) in [4.78, 5) is 0.125. The Hall–Kier alpha value is -0.980. The predicted molar refractivity (Wildman–Crippen MR) is 80.9 cm³/mol. The molecule has 0 bridgehead atoms. The molecule has 6 heteroatoms. The van der Waals surface area contributed by atoms with E-state index in [1.54, 1.807) is 0 Å². The molecule has 0 amide bonds. The quantitative estimate of drug-likeness (QED) is 0.774. The van der Waals surface area contributed by atoms with E-state index in [4.69, 9.17) is 0 Å². The minimum absolute atomic E-state index is 0.125. The topological polar surface area (TPSA) is 58.2 Å². The third-order valence-electron chi connectivity index (χ3n) is 3.57. The second kappa shape index (κ2) is 6.85. The first-order valence-electron chi connectivity index (χ1n) is 7.40. The molecule has 0 heterocycles. The number of nitrogens with one attached hydrogen (secondary N) is 2. The lowest BCUT2D eigenvalue weighted by molar-refractivity contribution is 0.550. The van der Waals surface area contributed by atoms with Crippen LogP contribution in [0.3, 0.4) is 0 Å². The molecule has 21 heavy (non-hydrogen) atoms. The molecule has 0 unspecified atom stereocenters. The summed E-state index contributed by atoms with van der Waals surface area (Å²) in [5.41, 5.74) is 0.369. The van der Waals surface area contributed by atoms with E-state index >= 15 is 0 Å². The molecular formula is C15H23FN2O2S. The van der Waals surface area contributed by atoms with E-state index in [0.29, 0.717) is 24.6 Å². The molecule has 4 nitrogen and oxygen atoms in total. The van der Waals surface area contributed by atoms with Gasteiger partial charge in [0.05, 0.1) is 4.90 Å². The fraction of sp³-hybridized carbons (Fsp3) is 0.600. The van der Waals surface area contributed by atoms with Crippen LogP contribution in [0.25, 0.3) is 0 Å². The van der Waals surface area contributed by atoms with Gasteiger partial charge in [-0.25, -0.2) is 17.5 Å². The van der Waals surface area contributed by atoms with Gasteiger partial charge in [-0.3, -0.25) is 0 Å². The van der Waals surface area contributed by atoms with E-state index in [1.165, 1.54) is 31.0 Å². The minimum Gasteiger partial charge on any atom is -0.310 e. The van der Waals surface area contributed by atoms with Crippen LogP contribution in [0.5, 0.6) is 0 Å². The third kappa shape index (κ3) is 5.05. The van der Waals surface area contributed by atoms with Gasteiger partial charge in [0, 0.05) is 24.7 Å².